The third-order valence-corrected chi connectivity index (χ3v) is 6.57. The van der Waals surface area contributed by atoms with Crippen molar-refractivity contribution < 1.29 is 8.42 Å². The molecule has 1 aromatic heterocycles. The van der Waals surface area contributed by atoms with Crippen LogP contribution in [0.3, 0.4) is 0 Å². The van der Waals surface area contributed by atoms with Gasteiger partial charge < -0.3 is 5.32 Å². The first-order chi connectivity index (χ1) is 14.1. The van der Waals surface area contributed by atoms with Gasteiger partial charge in [0.15, 0.2) is 0 Å². The van der Waals surface area contributed by atoms with E-state index in [0.717, 1.165) is 16.6 Å². The van der Waals surface area contributed by atoms with Gasteiger partial charge in [-0.2, -0.15) is 0 Å². The molecule has 146 valence electrons. The Morgan fingerprint density at radius 1 is 0.862 bits per heavy atom. The molecule has 5 heteroatoms. The number of nitrogens with zero attached hydrogens (tertiary/aromatic N) is 1. The second-order valence-electron chi connectivity index (χ2n) is 6.68. The van der Waals surface area contributed by atoms with Crippen LogP contribution in [0.4, 0.5) is 5.69 Å². The lowest BCUT2D eigenvalue weighted by Crippen LogP contribution is -2.15. The smallest absolute Gasteiger partial charge is 0.268 e. The fourth-order valence-corrected chi connectivity index (χ4v) is 5.07. The van der Waals surface area contributed by atoms with Gasteiger partial charge in [-0.1, -0.05) is 60.7 Å². The summed E-state index contributed by atoms with van der Waals surface area (Å²) in [5.74, 6) is 0. The summed E-state index contributed by atoms with van der Waals surface area (Å²) in [5, 5.41) is 4.33. The molecular weight excluding hydrogens is 380 g/mol. The van der Waals surface area contributed by atoms with Gasteiger partial charge in [0.2, 0.25) is 0 Å². The Hall–Kier alpha value is -3.31. The average Bonchev–Trinajstić information content (AvgIpc) is 3.08. The molecule has 0 aliphatic rings. The molecular formula is C24H22N2O2S. The fraction of sp³-hybridized carbons (Fsp3) is 0.0833. The Morgan fingerprint density at radius 3 is 2.17 bits per heavy atom. The SMILES string of the molecule is C/C=C/c1c(CNc2ccccc2)c2ccccc2n1S(=O)(=O)c1ccccc1. The van der Waals surface area contributed by atoms with Gasteiger partial charge in [-0.25, -0.2) is 12.4 Å². The lowest BCUT2D eigenvalue weighted by molar-refractivity contribution is 0.588. The number of hydrogen-bond acceptors (Lipinski definition) is 3. The molecule has 0 amide bonds. The number of allylic oxidation sites excluding steroid dienone is 1. The molecule has 3 aromatic carbocycles. The number of anilines is 1. The third kappa shape index (κ3) is 3.57. The zero-order chi connectivity index (χ0) is 20.3. The summed E-state index contributed by atoms with van der Waals surface area (Å²) in [7, 11) is -3.74. The molecule has 0 spiro atoms. The summed E-state index contributed by atoms with van der Waals surface area (Å²) in [6.07, 6.45) is 3.74. The summed E-state index contributed by atoms with van der Waals surface area (Å²) < 4.78 is 28.5. The monoisotopic (exact) mass is 402 g/mol. The van der Waals surface area contributed by atoms with Gasteiger partial charge in [0.25, 0.3) is 10.0 Å². The van der Waals surface area contributed by atoms with Crippen LogP contribution in [0, 0.1) is 0 Å². The summed E-state index contributed by atoms with van der Waals surface area (Å²) in [6, 6.07) is 26.1. The predicted octanol–water partition coefficient (Wildman–Crippen LogP) is 5.52. The maximum atomic E-state index is 13.5. The van der Waals surface area contributed by atoms with Gasteiger partial charge in [0.05, 0.1) is 16.1 Å². The van der Waals surface area contributed by atoms with E-state index >= 15 is 0 Å². The minimum Gasteiger partial charge on any atom is -0.381 e. The fourth-order valence-electron chi connectivity index (χ4n) is 3.51. The molecule has 4 rings (SSSR count). The van der Waals surface area contributed by atoms with Crippen LogP contribution in [0.15, 0.2) is 95.9 Å². The van der Waals surface area contributed by atoms with Crippen molar-refractivity contribution in [2.75, 3.05) is 5.32 Å². The molecule has 0 fully saturated rings. The van der Waals surface area contributed by atoms with Crippen LogP contribution in [0.25, 0.3) is 17.0 Å². The summed E-state index contributed by atoms with van der Waals surface area (Å²) in [6.45, 7) is 2.41. The van der Waals surface area contributed by atoms with E-state index in [1.165, 1.54) is 3.97 Å². The Kier molecular flexibility index (Phi) is 5.23. The standard InChI is InChI=1S/C24H22N2O2S/c1-2-11-23-22(18-25-19-12-5-3-6-13-19)21-16-9-10-17-24(21)26(23)29(27,28)20-14-7-4-8-15-20/h2-17,25H,18H2,1H3/b11-2+. The Morgan fingerprint density at radius 2 is 1.48 bits per heavy atom. The lowest BCUT2D eigenvalue weighted by atomic mass is 10.1. The van der Waals surface area contributed by atoms with Crippen molar-refractivity contribution in [1.29, 1.82) is 0 Å². The van der Waals surface area contributed by atoms with Crippen molar-refractivity contribution in [3.8, 4) is 0 Å². The van der Waals surface area contributed by atoms with Crippen molar-refractivity contribution in [2.45, 2.75) is 18.4 Å². The molecule has 0 unspecified atom stereocenters. The van der Waals surface area contributed by atoms with Crippen LogP contribution in [0.1, 0.15) is 18.2 Å². The van der Waals surface area contributed by atoms with Crippen LogP contribution in [0.2, 0.25) is 0 Å². The molecule has 0 radical (unpaired) electrons. The Labute approximate surface area is 171 Å². The molecule has 0 saturated heterocycles. The molecule has 0 bridgehead atoms. The number of fused-ring (bicyclic) bond motifs is 1. The predicted molar refractivity (Wildman–Crippen MR) is 119 cm³/mol. The van der Waals surface area contributed by atoms with Gasteiger partial charge in [0, 0.05) is 23.2 Å². The highest BCUT2D eigenvalue weighted by atomic mass is 32.2. The van der Waals surface area contributed by atoms with E-state index in [1.807, 2.05) is 79.7 Å². The lowest BCUT2D eigenvalue weighted by Gasteiger charge is -2.11. The molecule has 1 N–H and O–H groups in total. The van der Waals surface area contributed by atoms with E-state index in [9.17, 15) is 8.42 Å². The van der Waals surface area contributed by atoms with Crippen molar-refractivity contribution >= 4 is 32.7 Å². The highest BCUT2D eigenvalue weighted by Gasteiger charge is 2.25. The summed E-state index contributed by atoms with van der Waals surface area (Å²) >= 11 is 0. The summed E-state index contributed by atoms with van der Waals surface area (Å²) in [5.41, 5.74) is 3.28. The molecule has 1 heterocycles. The van der Waals surface area contributed by atoms with Crippen molar-refractivity contribution in [3.63, 3.8) is 0 Å². The van der Waals surface area contributed by atoms with E-state index in [2.05, 4.69) is 5.32 Å². The van der Waals surface area contributed by atoms with E-state index in [4.69, 9.17) is 0 Å². The number of para-hydroxylation sites is 2. The molecule has 0 aliphatic carbocycles. The number of nitrogens with one attached hydrogen (secondary N) is 1. The molecule has 0 atom stereocenters. The topological polar surface area (TPSA) is 51.1 Å². The first-order valence-electron chi connectivity index (χ1n) is 9.47. The zero-order valence-corrected chi connectivity index (χ0v) is 16.9. The quantitative estimate of drug-likeness (QED) is 0.462. The van der Waals surface area contributed by atoms with Crippen LogP contribution in [-0.4, -0.2) is 12.4 Å². The second-order valence-corrected chi connectivity index (χ2v) is 8.47. The van der Waals surface area contributed by atoms with E-state index in [0.29, 0.717) is 17.8 Å². The van der Waals surface area contributed by atoms with Crippen LogP contribution >= 0.6 is 0 Å². The normalized spacial score (nSPS) is 11.9. The van der Waals surface area contributed by atoms with Crippen LogP contribution in [0.5, 0.6) is 0 Å². The maximum Gasteiger partial charge on any atom is 0.268 e. The summed E-state index contributed by atoms with van der Waals surface area (Å²) in [4.78, 5) is 0.272. The number of hydrogen-bond donors (Lipinski definition) is 1. The number of benzene rings is 3. The van der Waals surface area contributed by atoms with Gasteiger partial charge in [-0.15, -0.1) is 0 Å². The van der Waals surface area contributed by atoms with Crippen LogP contribution < -0.4 is 5.32 Å². The number of rotatable bonds is 6. The molecule has 4 aromatic rings. The Balaban J connectivity index is 1.92. The van der Waals surface area contributed by atoms with Crippen molar-refractivity contribution in [2.24, 2.45) is 0 Å². The maximum absolute atomic E-state index is 13.5. The van der Waals surface area contributed by atoms with Crippen molar-refractivity contribution in [3.05, 3.63) is 102 Å². The Bertz CT molecular complexity index is 1260. The third-order valence-electron chi connectivity index (χ3n) is 4.82. The number of aromatic nitrogens is 1. The second kappa shape index (κ2) is 7.97. The molecule has 4 nitrogen and oxygen atoms in total. The first-order valence-corrected chi connectivity index (χ1v) is 10.9. The van der Waals surface area contributed by atoms with Gasteiger partial charge in [-0.05, 0) is 43.3 Å². The van der Waals surface area contributed by atoms with E-state index < -0.39 is 10.0 Å². The average molecular weight is 403 g/mol. The first kappa shape index (κ1) is 19.0. The minimum atomic E-state index is -3.74. The molecule has 0 saturated carbocycles. The zero-order valence-electron chi connectivity index (χ0n) is 16.1. The molecule has 0 aliphatic heterocycles. The van der Waals surface area contributed by atoms with Gasteiger partial charge in [-0.3, -0.25) is 0 Å². The van der Waals surface area contributed by atoms with E-state index in [1.54, 1.807) is 24.3 Å². The van der Waals surface area contributed by atoms with Crippen molar-refractivity contribution in [1.82, 2.24) is 3.97 Å². The van der Waals surface area contributed by atoms with Crippen LogP contribution in [-0.2, 0) is 16.6 Å². The highest BCUT2D eigenvalue weighted by molar-refractivity contribution is 7.90. The molecule has 29 heavy (non-hydrogen) atoms. The largest absolute Gasteiger partial charge is 0.381 e. The highest BCUT2D eigenvalue weighted by Crippen LogP contribution is 2.32. The minimum absolute atomic E-state index is 0.272. The van der Waals surface area contributed by atoms with Gasteiger partial charge in [0.1, 0.15) is 0 Å². The van der Waals surface area contributed by atoms with E-state index in [-0.39, 0.29) is 4.90 Å². The van der Waals surface area contributed by atoms with Gasteiger partial charge >= 0.3 is 0 Å².